The Hall–Kier alpha value is -3.40. The van der Waals surface area contributed by atoms with Crippen LogP contribution in [0.5, 0.6) is 0 Å². The fourth-order valence-corrected chi connectivity index (χ4v) is 3.48. The zero-order chi connectivity index (χ0) is 19.8. The summed E-state index contributed by atoms with van der Waals surface area (Å²) in [5.41, 5.74) is 7.29. The van der Waals surface area contributed by atoms with E-state index in [0.29, 0.717) is 6.42 Å². The Morgan fingerprint density at radius 1 is 0.679 bits per heavy atom. The van der Waals surface area contributed by atoms with Crippen LogP contribution in [0.25, 0.3) is 0 Å². The van der Waals surface area contributed by atoms with Gasteiger partial charge in [0.25, 0.3) is 0 Å². The van der Waals surface area contributed by atoms with E-state index in [2.05, 4.69) is 5.32 Å². The van der Waals surface area contributed by atoms with Crippen LogP contribution in [0.4, 0.5) is 0 Å². The van der Waals surface area contributed by atoms with Gasteiger partial charge < -0.3 is 11.1 Å². The van der Waals surface area contributed by atoms with Crippen molar-refractivity contribution in [3.63, 3.8) is 0 Å². The molecule has 0 radical (unpaired) electrons. The second-order valence-corrected chi connectivity index (χ2v) is 6.72. The highest BCUT2D eigenvalue weighted by molar-refractivity contribution is 5.80. The summed E-state index contributed by atoms with van der Waals surface area (Å²) < 4.78 is 0. The van der Waals surface area contributed by atoms with Crippen LogP contribution in [0, 0.1) is 0 Å². The van der Waals surface area contributed by atoms with Crippen LogP contribution in [0.2, 0.25) is 0 Å². The summed E-state index contributed by atoms with van der Waals surface area (Å²) in [6.45, 7) is 0. The molecule has 3 N–H and O–H groups in total. The highest BCUT2D eigenvalue weighted by Crippen LogP contribution is 2.36. The highest BCUT2D eigenvalue weighted by Gasteiger charge is 2.37. The van der Waals surface area contributed by atoms with Crippen molar-refractivity contribution in [2.45, 2.75) is 24.8 Å². The van der Waals surface area contributed by atoms with E-state index in [1.807, 2.05) is 91.0 Å². The van der Waals surface area contributed by atoms with E-state index >= 15 is 0 Å². The molecule has 0 spiro atoms. The molecule has 142 valence electrons. The van der Waals surface area contributed by atoms with Crippen molar-refractivity contribution < 1.29 is 9.59 Å². The van der Waals surface area contributed by atoms with E-state index in [0.717, 1.165) is 16.7 Å². The molecule has 28 heavy (non-hydrogen) atoms. The molecule has 0 fully saturated rings. The maximum absolute atomic E-state index is 12.9. The van der Waals surface area contributed by atoms with Crippen molar-refractivity contribution in [1.29, 1.82) is 0 Å². The third-order valence-corrected chi connectivity index (χ3v) is 4.77. The Kier molecular flexibility index (Phi) is 6.22. The first kappa shape index (κ1) is 19.4. The van der Waals surface area contributed by atoms with E-state index in [4.69, 9.17) is 5.73 Å². The summed E-state index contributed by atoms with van der Waals surface area (Å²) in [6, 6.07) is 29.8. The molecule has 0 bridgehead atoms. The quantitative estimate of drug-likeness (QED) is 0.591. The molecular formula is C24H24N2O2. The van der Waals surface area contributed by atoms with Gasteiger partial charge in [-0.25, -0.2) is 0 Å². The highest BCUT2D eigenvalue weighted by atomic mass is 16.2. The molecule has 0 aliphatic rings. The van der Waals surface area contributed by atoms with Crippen molar-refractivity contribution in [3.8, 4) is 0 Å². The third-order valence-electron chi connectivity index (χ3n) is 4.77. The molecule has 3 rings (SSSR count). The molecule has 4 nitrogen and oxygen atoms in total. The van der Waals surface area contributed by atoms with Gasteiger partial charge in [-0.3, -0.25) is 9.59 Å². The van der Waals surface area contributed by atoms with Gasteiger partial charge in [-0.15, -0.1) is 0 Å². The first-order chi connectivity index (χ1) is 13.6. The zero-order valence-electron chi connectivity index (χ0n) is 15.7. The predicted octanol–water partition coefficient (Wildman–Crippen LogP) is 3.75. The van der Waals surface area contributed by atoms with E-state index in [1.54, 1.807) is 0 Å². The SMILES string of the molecule is NC(=O)CCCC(=O)NC(c1ccccc1)(c1ccccc1)c1ccccc1. The fraction of sp³-hybridized carbons (Fsp3) is 0.167. The average Bonchev–Trinajstić information content (AvgIpc) is 2.74. The maximum atomic E-state index is 12.9. The van der Waals surface area contributed by atoms with Crippen molar-refractivity contribution in [3.05, 3.63) is 108 Å². The van der Waals surface area contributed by atoms with Gasteiger partial charge in [-0.2, -0.15) is 0 Å². The van der Waals surface area contributed by atoms with Crippen LogP contribution < -0.4 is 11.1 Å². The molecule has 0 aliphatic carbocycles. The lowest BCUT2D eigenvalue weighted by molar-refractivity contribution is -0.122. The molecule has 3 aromatic carbocycles. The number of hydrogen-bond acceptors (Lipinski definition) is 2. The second-order valence-electron chi connectivity index (χ2n) is 6.72. The third kappa shape index (κ3) is 4.29. The summed E-state index contributed by atoms with van der Waals surface area (Å²) >= 11 is 0. The molecule has 0 unspecified atom stereocenters. The van der Waals surface area contributed by atoms with Gasteiger partial charge in [0.15, 0.2) is 0 Å². The minimum absolute atomic E-state index is 0.127. The van der Waals surface area contributed by atoms with Gasteiger partial charge in [0.1, 0.15) is 5.54 Å². The first-order valence-electron chi connectivity index (χ1n) is 9.39. The minimum atomic E-state index is -0.826. The number of carbonyl (C=O) groups excluding carboxylic acids is 2. The van der Waals surface area contributed by atoms with Crippen LogP contribution in [0.1, 0.15) is 36.0 Å². The molecule has 0 saturated carbocycles. The normalized spacial score (nSPS) is 11.0. The molecule has 4 heteroatoms. The van der Waals surface area contributed by atoms with E-state index in [1.165, 1.54) is 0 Å². The molecule has 0 aliphatic heterocycles. The molecule has 2 amide bonds. The summed E-state index contributed by atoms with van der Waals surface area (Å²) in [4.78, 5) is 23.9. The van der Waals surface area contributed by atoms with Gasteiger partial charge in [-0.05, 0) is 23.1 Å². The van der Waals surface area contributed by atoms with Crippen molar-refractivity contribution in [1.82, 2.24) is 5.32 Å². The maximum Gasteiger partial charge on any atom is 0.221 e. The second kappa shape index (κ2) is 9.00. The Morgan fingerprint density at radius 2 is 1.07 bits per heavy atom. The average molecular weight is 372 g/mol. The molecule has 0 heterocycles. The molecular weight excluding hydrogens is 348 g/mol. The topological polar surface area (TPSA) is 72.2 Å². The van der Waals surface area contributed by atoms with Gasteiger partial charge in [0.2, 0.25) is 11.8 Å². The molecule has 0 atom stereocenters. The summed E-state index contributed by atoms with van der Waals surface area (Å²) in [7, 11) is 0. The number of rotatable bonds is 8. The van der Waals surface area contributed by atoms with Crippen LogP contribution in [0.3, 0.4) is 0 Å². The molecule has 3 aromatic rings. The zero-order valence-corrected chi connectivity index (χ0v) is 15.7. The van der Waals surface area contributed by atoms with Gasteiger partial charge >= 0.3 is 0 Å². The standard InChI is InChI=1S/C24H24N2O2/c25-22(27)17-10-18-23(28)26-24(19-11-4-1-5-12-19,20-13-6-2-7-14-20)21-15-8-3-9-16-21/h1-9,11-16H,10,17-18H2,(H2,25,27)(H,26,28). The van der Waals surface area contributed by atoms with Gasteiger partial charge in [-0.1, -0.05) is 91.0 Å². The van der Waals surface area contributed by atoms with Crippen molar-refractivity contribution in [2.24, 2.45) is 5.73 Å². The number of nitrogens with one attached hydrogen (secondary N) is 1. The number of benzene rings is 3. The fourth-order valence-electron chi connectivity index (χ4n) is 3.48. The Bertz CT molecular complexity index is 812. The van der Waals surface area contributed by atoms with Gasteiger partial charge in [0, 0.05) is 12.8 Å². The largest absolute Gasteiger partial charge is 0.370 e. The monoisotopic (exact) mass is 372 g/mol. The lowest BCUT2D eigenvalue weighted by Crippen LogP contribution is -2.47. The number of amides is 2. The first-order valence-corrected chi connectivity index (χ1v) is 9.39. The van der Waals surface area contributed by atoms with E-state index in [-0.39, 0.29) is 18.7 Å². The van der Waals surface area contributed by atoms with Crippen molar-refractivity contribution in [2.75, 3.05) is 0 Å². The lowest BCUT2D eigenvalue weighted by atomic mass is 9.77. The van der Waals surface area contributed by atoms with Gasteiger partial charge in [0.05, 0.1) is 0 Å². The number of nitrogens with two attached hydrogens (primary N) is 1. The van der Waals surface area contributed by atoms with Crippen LogP contribution >= 0.6 is 0 Å². The smallest absolute Gasteiger partial charge is 0.221 e. The summed E-state index contributed by atoms with van der Waals surface area (Å²) in [5.74, 6) is -0.522. The predicted molar refractivity (Wildman–Crippen MR) is 110 cm³/mol. The number of primary amides is 1. The molecule has 0 aromatic heterocycles. The minimum Gasteiger partial charge on any atom is -0.370 e. The van der Waals surface area contributed by atoms with Crippen molar-refractivity contribution >= 4 is 11.8 Å². The number of hydrogen-bond donors (Lipinski definition) is 2. The molecule has 0 saturated heterocycles. The summed E-state index contributed by atoms with van der Waals surface area (Å²) in [6.07, 6.45) is 0.856. The van der Waals surface area contributed by atoms with Crippen LogP contribution in [0.15, 0.2) is 91.0 Å². The summed E-state index contributed by atoms with van der Waals surface area (Å²) in [5, 5.41) is 3.26. The Labute approximate surface area is 165 Å². The van der Waals surface area contributed by atoms with E-state index in [9.17, 15) is 9.59 Å². The Morgan fingerprint density at radius 3 is 1.43 bits per heavy atom. The lowest BCUT2D eigenvalue weighted by Gasteiger charge is -2.37. The van der Waals surface area contributed by atoms with E-state index < -0.39 is 11.4 Å². The van der Waals surface area contributed by atoms with Crippen LogP contribution in [-0.2, 0) is 15.1 Å². The number of carbonyl (C=O) groups is 2. The Balaban J connectivity index is 2.09. The van der Waals surface area contributed by atoms with Crippen LogP contribution in [-0.4, -0.2) is 11.8 Å².